The van der Waals surface area contributed by atoms with Gasteiger partial charge in [-0.2, -0.15) is 0 Å². The molecule has 1 unspecified atom stereocenters. The quantitative estimate of drug-likeness (QED) is 0.103. The van der Waals surface area contributed by atoms with Crippen LogP contribution in [-0.2, 0) is 30.5 Å². The van der Waals surface area contributed by atoms with Crippen molar-refractivity contribution in [2.24, 2.45) is 11.5 Å². The molecule has 238 valence electrons. The maximum atomic E-state index is 13.6. The van der Waals surface area contributed by atoms with Crippen LogP contribution in [0, 0.1) is 0 Å². The lowest BCUT2D eigenvalue weighted by Crippen LogP contribution is -2.67. The number of rotatable bonds is 11. The van der Waals surface area contributed by atoms with Crippen molar-refractivity contribution in [3.63, 3.8) is 0 Å². The standard InChI is InChI=1S/C23H32N6O14/c1-2-7-3-28(12(7)21(38)39)19(37)11(26-18(36)10(24)13(32)9(31)6-42-22(25)40)16-14(33)15(34)20(43-16)29-4-8(5-30)17(35)27-23(29)41/h2,4,9-16,20,30-34H,3,5-6,24H2,1H3,(H2,25,40)(H,26,36)(H,38,39)(H,27,35,41)/b7-2-/t9-,10-,11-,12-,13+,14-,15+,16?,20+/m0/s1. The number of likely N-dealkylation sites (tertiary alicyclic amines) is 1. The van der Waals surface area contributed by atoms with Gasteiger partial charge in [-0.3, -0.25) is 23.9 Å². The molecule has 3 amide bonds. The summed E-state index contributed by atoms with van der Waals surface area (Å²) in [4.78, 5) is 76.2. The van der Waals surface area contributed by atoms with Crippen LogP contribution < -0.4 is 28.0 Å². The van der Waals surface area contributed by atoms with Crippen molar-refractivity contribution in [3.05, 3.63) is 44.2 Å². The van der Waals surface area contributed by atoms with Gasteiger partial charge in [-0.1, -0.05) is 6.08 Å². The first-order chi connectivity index (χ1) is 20.1. The Morgan fingerprint density at radius 1 is 1.23 bits per heavy atom. The number of amides is 3. The number of allylic oxidation sites excluding steroid dienone is 1. The number of hydrogen-bond acceptors (Lipinski definition) is 14. The Kier molecular flexibility index (Phi) is 10.4. The number of carboxylic acids is 1. The van der Waals surface area contributed by atoms with Crippen molar-refractivity contribution < 1.29 is 59.3 Å². The lowest BCUT2D eigenvalue weighted by Gasteiger charge is -2.43. The van der Waals surface area contributed by atoms with Gasteiger partial charge in [0.25, 0.3) is 5.56 Å². The SMILES string of the molecule is C/C=C1/CN(C(=O)[C@@H](NC(=O)[C@@H](N)[C@H](O)[C@@H](O)COC(N)=O)C2O[C@@H](n3cc(CO)c(=O)[nH]c3=O)[C@H](O)[C@@H]2O)[C@@H]1C(=O)O. The number of aromatic nitrogens is 2. The van der Waals surface area contributed by atoms with Crippen molar-refractivity contribution in [2.45, 2.75) is 68.4 Å². The number of nitrogens with two attached hydrogens (primary N) is 2. The molecular weight excluding hydrogens is 584 g/mol. The van der Waals surface area contributed by atoms with E-state index in [4.69, 9.17) is 16.2 Å². The molecule has 20 heteroatoms. The number of primary amides is 1. The van der Waals surface area contributed by atoms with Gasteiger partial charge in [0.05, 0.1) is 12.2 Å². The first-order valence-corrected chi connectivity index (χ1v) is 12.6. The lowest BCUT2D eigenvalue weighted by atomic mass is 9.92. The second kappa shape index (κ2) is 13.4. The molecule has 20 nitrogen and oxygen atoms in total. The molecule has 43 heavy (non-hydrogen) atoms. The summed E-state index contributed by atoms with van der Waals surface area (Å²) in [6.45, 7) is -0.350. The zero-order valence-electron chi connectivity index (χ0n) is 22.5. The molecule has 1 aromatic rings. The van der Waals surface area contributed by atoms with E-state index < -0.39 is 103 Å². The number of aliphatic hydroxyl groups is 5. The molecule has 0 aliphatic carbocycles. The van der Waals surface area contributed by atoms with Gasteiger partial charge in [-0.05, 0) is 12.5 Å². The van der Waals surface area contributed by atoms with Crippen LogP contribution in [0.3, 0.4) is 0 Å². The number of aliphatic carboxylic acids is 1. The topological polar surface area (TPSA) is 330 Å². The average Bonchev–Trinajstić information content (AvgIpc) is 3.22. The number of nitrogens with zero attached hydrogens (tertiary/aromatic N) is 2. The fraction of sp³-hybridized carbons (Fsp3) is 0.565. The van der Waals surface area contributed by atoms with E-state index in [9.17, 15) is 59.4 Å². The lowest BCUT2D eigenvalue weighted by molar-refractivity contribution is -0.157. The summed E-state index contributed by atoms with van der Waals surface area (Å²) >= 11 is 0. The molecule has 2 saturated heterocycles. The molecule has 12 N–H and O–H groups in total. The minimum Gasteiger partial charge on any atom is -0.479 e. The molecule has 0 spiro atoms. The summed E-state index contributed by atoms with van der Waals surface area (Å²) in [7, 11) is 0. The molecule has 0 radical (unpaired) electrons. The van der Waals surface area contributed by atoms with E-state index in [2.05, 4.69) is 10.1 Å². The fourth-order valence-electron chi connectivity index (χ4n) is 4.60. The highest BCUT2D eigenvalue weighted by Crippen LogP contribution is 2.33. The molecule has 2 aliphatic rings. The van der Waals surface area contributed by atoms with E-state index in [0.717, 1.165) is 11.1 Å². The molecule has 3 heterocycles. The summed E-state index contributed by atoms with van der Waals surface area (Å²) in [6, 6.07) is -5.47. The van der Waals surface area contributed by atoms with Crippen molar-refractivity contribution in [3.8, 4) is 0 Å². The van der Waals surface area contributed by atoms with Crippen LogP contribution >= 0.6 is 0 Å². The van der Waals surface area contributed by atoms with Crippen molar-refractivity contribution in [1.82, 2.24) is 19.8 Å². The predicted molar refractivity (Wildman–Crippen MR) is 138 cm³/mol. The van der Waals surface area contributed by atoms with E-state index in [0.29, 0.717) is 10.1 Å². The minimum absolute atomic E-state index is 0.204. The van der Waals surface area contributed by atoms with Crippen LogP contribution in [0.15, 0.2) is 27.4 Å². The van der Waals surface area contributed by atoms with Crippen LogP contribution in [0.5, 0.6) is 0 Å². The second-order valence-corrected chi connectivity index (χ2v) is 9.72. The van der Waals surface area contributed by atoms with Crippen LogP contribution in [0.2, 0.25) is 0 Å². The van der Waals surface area contributed by atoms with E-state index in [1.807, 2.05) is 4.98 Å². The number of carbonyl (C=O) groups excluding carboxylic acids is 3. The zero-order valence-corrected chi connectivity index (χ0v) is 22.5. The summed E-state index contributed by atoms with van der Waals surface area (Å²) in [6.07, 6.45) is -10.7. The fourth-order valence-corrected chi connectivity index (χ4v) is 4.60. The van der Waals surface area contributed by atoms with Crippen LogP contribution in [0.1, 0.15) is 18.7 Å². The molecule has 2 aliphatic heterocycles. The number of aliphatic hydroxyl groups excluding tert-OH is 5. The maximum absolute atomic E-state index is 13.6. The third kappa shape index (κ3) is 6.74. The molecule has 3 rings (SSSR count). The number of H-pyrrole nitrogens is 1. The minimum atomic E-state index is -2.09. The first-order valence-electron chi connectivity index (χ1n) is 12.6. The highest BCUT2D eigenvalue weighted by atomic mass is 16.6. The third-order valence-electron chi connectivity index (χ3n) is 7.02. The Bertz CT molecular complexity index is 1390. The number of carbonyl (C=O) groups is 4. The third-order valence-corrected chi connectivity index (χ3v) is 7.02. The number of aromatic amines is 1. The van der Waals surface area contributed by atoms with Crippen LogP contribution in [-0.4, -0.2) is 131 Å². The first kappa shape index (κ1) is 33.3. The molecule has 9 atom stereocenters. The van der Waals surface area contributed by atoms with E-state index >= 15 is 0 Å². The Hall–Kier alpha value is -4.18. The Balaban J connectivity index is 1.95. The zero-order chi connectivity index (χ0) is 32.3. The Morgan fingerprint density at radius 3 is 2.44 bits per heavy atom. The predicted octanol–water partition coefficient (Wildman–Crippen LogP) is -6.48. The van der Waals surface area contributed by atoms with E-state index in [1.165, 1.54) is 13.0 Å². The number of ether oxygens (including phenoxy) is 2. The van der Waals surface area contributed by atoms with Crippen LogP contribution in [0.25, 0.3) is 0 Å². The van der Waals surface area contributed by atoms with E-state index in [-0.39, 0.29) is 12.1 Å². The maximum Gasteiger partial charge on any atom is 0.404 e. The van der Waals surface area contributed by atoms with E-state index in [1.54, 1.807) is 0 Å². The van der Waals surface area contributed by atoms with Crippen molar-refractivity contribution >= 4 is 23.9 Å². The van der Waals surface area contributed by atoms with Gasteiger partial charge in [0.15, 0.2) is 12.3 Å². The molecular formula is C23H32N6O14. The summed E-state index contributed by atoms with van der Waals surface area (Å²) in [5, 5.41) is 63.0. The van der Waals surface area contributed by atoms with Gasteiger partial charge in [-0.15, -0.1) is 0 Å². The summed E-state index contributed by atoms with van der Waals surface area (Å²) in [5.41, 5.74) is 8.46. The van der Waals surface area contributed by atoms with Gasteiger partial charge in [0, 0.05) is 12.7 Å². The van der Waals surface area contributed by atoms with Gasteiger partial charge in [0.1, 0.15) is 49.2 Å². The second-order valence-electron chi connectivity index (χ2n) is 9.72. The monoisotopic (exact) mass is 616 g/mol. The molecule has 0 bridgehead atoms. The normalized spacial score (nSPS) is 27.1. The molecule has 2 fully saturated rings. The highest BCUT2D eigenvalue weighted by molar-refractivity contribution is 5.95. The largest absolute Gasteiger partial charge is 0.479 e. The molecule has 0 saturated carbocycles. The van der Waals surface area contributed by atoms with Gasteiger partial charge in [-0.25, -0.2) is 14.4 Å². The molecule has 1 aromatic heterocycles. The van der Waals surface area contributed by atoms with Crippen LogP contribution in [0.4, 0.5) is 4.79 Å². The smallest absolute Gasteiger partial charge is 0.404 e. The number of nitrogens with one attached hydrogen (secondary N) is 2. The van der Waals surface area contributed by atoms with Gasteiger partial charge < -0.3 is 61.8 Å². The van der Waals surface area contributed by atoms with Gasteiger partial charge >= 0.3 is 17.8 Å². The van der Waals surface area contributed by atoms with Gasteiger partial charge in [0.2, 0.25) is 11.8 Å². The Morgan fingerprint density at radius 2 is 1.88 bits per heavy atom. The number of hydrogen-bond donors (Lipinski definition) is 10. The Labute approximate surface area is 240 Å². The average molecular weight is 617 g/mol. The highest BCUT2D eigenvalue weighted by Gasteiger charge is 2.54. The summed E-state index contributed by atoms with van der Waals surface area (Å²) < 4.78 is 10.6. The molecule has 0 aromatic carbocycles. The van der Waals surface area contributed by atoms with Crippen molar-refractivity contribution in [1.29, 1.82) is 0 Å². The summed E-state index contributed by atoms with van der Waals surface area (Å²) in [5.74, 6) is -3.89. The van der Waals surface area contributed by atoms with Crippen molar-refractivity contribution in [2.75, 3.05) is 13.2 Å². The number of carboxylic acid groups (broad SMARTS) is 1.